The molecule has 0 aliphatic rings. The third-order valence-electron chi connectivity index (χ3n) is 3.47. The molecule has 1 heterocycles. The van der Waals surface area contributed by atoms with Crippen LogP contribution in [-0.2, 0) is 6.54 Å². The first kappa shape index (κ1) is 14.4. The van der Waals surface area contributed by atoms with Gasteiger partial charge in [-0.15, -0.1) is 0 Å². The second kappa shape index (κ2) is 6.46. The van der Waals surface area contributed by atoms with E-state index in [0.29, 0.717) is 0 Å². The second-order valence-electron chi connectivity index (χ2n) is 5.15. The number of nitrogens with one attached hydrogen (secondary N) is 1. The van der Waals surface area contributed by atoms with E-state index in [1.54, 1.807) is 0 Å². The van der Waals surface area contributed by atoms with Crippen LogP contribution in [0.2, 0.25) is 0 Å². The molecule has 0 aliphatic carbocycles. The predicted molar refractivity (Wildman–Crippen MR) is 91.3 cm³/mol. The van der Waals surface area contributed by atoms with Crippen LogP contribution in [0.3, 0.4) is 0 Å². The van der Waals surface area contributed by atoms with Crippen molar-refractivity contribution in [2.24, 2.45) is 0 Å². The highest BCUT2D eigenvalue weighted by molar-refractivity contribution is 9.10. The van der Waals surface area contributed by atoms with Gasteiger partial charge < -0.3 is 9.73 Å². The van der Waals surface area contributed by atoms with E-state index in [2.05, 4.69) is 64.6 Å². The molecule has 0 unspecified atom stereocenters. The SMILES string of the molecule is CCCNCc1ccc(-c2ccc3cc(Br)ccc3c2)o1. The van der Waals surface area contributed by atoms with Crippen LogP contribution < -0.4 is 5.32 Å². The van der Waals surface area contributed by atoms with Crippen molar-refractivity contribution in [3.05, 3.63) is 58.8 Å². The number of hydrogen-bond acceptors (Lipinski definition) is 2. The van der Waals surface area contributed by atoms with Crippen molar-refractivity contribution in [2.75, 3.05) is 6.54 Å². The summed E-state index contributed by atoms with van der Waals surface area (Å²) in [6.07, 6.45) is 1.13. The van der Waals surface area contributed by atoms with Crippen molar-refractivity contribution in [1.82, 2.24) is 5.32 Å². The molecule has 0 radical (unpaired) electrons. The Labute approximate surface area is 133 Å². The largest absolute Gasteiger partial charge is 0.460 e. The highest BCUT2D eigenvalue weighted by atomic mass is 79.9. The normalized spacial score (nSPS) is 11.1. The lowest BCUT2D eigenvalue weighted by Crippen LogP contribution is -2.12. The van der Waals surface area contributed by atoms with Crippen LogP contribution in [0.4, 0.5) is 0 Å². The first-order chi connectivity index (χ1) is 10.3. The third kappa shape index (κ3) is 3.36. The minimum absolute atomic E-state index is 0.786. The minimum Gasteiger partial charge on any atom is -0.460 e. The summed E-state index contributed by atoms with van der Waals surface area (Å²) in [6, 6.07) is 16.8. The average Bonchev–Trinajstić information content (AvgIpc) is 2.96. The molecule has 1 aromatic heterocycles. The van der Waals surface area contributed by atoms with Crippen molar-refractivity contribution in [2.45, 2.75) is 19.9 Å². The molecule has 0 saturated heterocycles. The van der Waals surface area contributed by atoms with Gasteiger partial charge in [-0.2, -0.15) is 0 Å². The van der Waals surface area contributed by atoms with Gasteiger partial charge in [0, 0.05) is 10.0 Å². The van der Waals surface area contributed by atoms with Crippen molar-refractivity contribution in [3.63, 3.8) is 0 Å². The molecule has 0 atom stereocenters. The Morgan fingerprint density at radius 1 is 1.00 bits per heavy atom. The van der Waals surface area contributed by atoms with Crippen molar-refractivity contribution >= 4 is 26.7 Å². The molecule has 0 bridgehead atoms. The summed E-state index contributed by atoms with van der Waals surface area (Å²) in [7, 11) is 0. The minimum atomic E-state index is 0.786. The van der Waals surface area contributed by atoms with Gasteiger partial charge in [-0.3, -0.25) is 0 Å². The molecule has 3 rings (SSSR count). The van der Waals surface area contributed by atoms with E-state index in [0.717, 1.165) is 41.1 Å². The molecule has 0 amide bonds. The third-order valence-corrected chi connectivity index (χ3v) is 3.97. The Morgan fingerprint density at radius 2 is 1.81 bits per heavy atom. The summed E-state index contributed by atoms with van der Waals surface area (Å²) in [5, 5.41) is 5.80. The van der Waals surface area contributed by atoms with E-state index >= 15 is 0 Å². The summed E-state index contributed by atoms with van der Waals surface area (Å²) >= 11 is 3.50. The van der Waals surface area contributed by atoms with Gasteiger partial charge in [0.1, 0.15) is 11.5 Å². The lowest BCUT2D eigenvalue weighted by Gasteiger charge is -2.03. The van der Waals surface area contributed by atoms with E-state index in [4.69, 9.17) is 4.42 Å². The summed E-state index contributed by atoms with van der Waals surface area (Å²) in [4.78, 5) is 0. The monoisotopic (exact) mass is 343 g/mol. The van der Waals surface area contributed by atoms with Crippen LogP contribution in [0.5, 0.6) is 0 Å². The fourth-order valence-electron chi connectivity index (χ4n) is 2.39. The standard InChI is InChI=1S/C18H18BrNO/c1-2-9-20-12-17-7-8-18(21-17)15-4-3-14-11-16(19)6-5-13(14)10-15/h3-8,10-11,20H,2,9,12H2,1H3. The van der Waals surface area contributed by atoms with Gasteiger partial charge in [0.15, 0.2) is 0 Å². The zero-order valence-corrected chi connectivity index (χ0v) is 13.6. The molecule has 0 fully saturated rings. The number of furan rings is 1. The van der Waals surface area contributed by atoms with Gasteiger partial charge in [-0.1, -0.05) is 41.1 Å². The highest BCUT2D eigenvalue weighted by Crippen LogP contribution is 2.27. The molecule has 0 saturated carbocycles. The first-order valence-corrected chi connectivity index (χ1v) is 8.04. The van der Waals surface area contributed by atoms with Crippen molar-refractivity contribution < 1.29 is 4.42 Å². The van der Waals surface area contributed by atoms with Gasteiger partial charge in [-0.25, -0.2) is 0 Å². The van der Waals surface area contributed by atoms with E-state index in [1.807, 2.05) is 12.1 Å². The molecule has 2 aromatic carbocycles. The average molecular weight is 344 g/mol. The second-order valence-corrected chi connectivity index (χ2v) is 6.06. The Morgan fingerprint density at radius 3 is 2.67 bits per heavy atom. The summed E-state index contributed by atoms with van der Waals surface area (Å²) < 4.78 is 7.02. The number of hydrogen-bond donors (Lipinski definition) is 1. The topological polar surface area (TPSA) is 25.2 Å². The fourth-order valence-corrected chi connectivity index (χ4v) is 2.77. The van der Waals surface area contributed by atoms with E-state index in [1.165, 1.54) is 10.8 Å². The molecule has 1 N–H and O–H groups in total. The summed E-state index contributed by atoms with van der Waals surface area (Å²) in [5.41, 5.74) is 1.12. The molecule has 108 valence electrons. The Hall–Kier alpha value is -1.58. The molecule has 21 heavy (non-hydrogen) atoms. The van der Waals surface area contributed by atoms with Gasteiger partial charge in [0.2, 0.25) is 0 Å². The van der Waals surface area contributed by atoms with Gasteiger partial charge in [-0.05, 0) is 54.1 Å². The van der Waals surface area contributed by atoms with Crippen molar-refractivity contribution in [1.29, 1.82) is 0 Å². The quantitative estimate of drug-likeness (QED) is 0.630. The highest BCUT2D eigenvalue weighted by Gasteiger charge is 2.05. The number of rotatable bonds is 5. The summed E-state index contributed by atoms with van der Waals surface area (Å²) in [6.45, 7) is 3.96. The van der Waals surface area contributed by atoms with Crippen LogP contribution in [-0.4, -0.2) is 6.54 Å². The first-order valence-electron chi connectivity index (χ1n) is 7.25. The van der Waals surface area contributed by atoms with Gasteiger partial charge in [0.25, 0.3) is 0 Å². The maximum Gasteiger partial charge on any atom is 0.134 e. The maximum absolute atomic E-state index is 5.92. The number of fused-ring (bicyclic) bond motifs is 1. The van der Waals surface area contributed by atoms with Gasteiger partial charge in [0.05, 0.1) is 6.54 Å². The van der Waals surface area contributed by atoms with E-state index in [-0.39, 0.29) is 0 Å². The molecule has 0 spiro atoms. The molecular formula is C18H18BrNO. The lowest BCUT2D eigenvalue weighted by atomic mass is 10.1. The maximum atomic E-state index is 5.92. The van der Waals surface area contributed by atoms with Crippen LogP contribution >= 0.6 is 15.9 Å². The molecule has 3 aromatic rings. The smallest absolute Gasteiger partial charge is 0.134 e. The molecule has 0 aliphatic heterocycles. The van der Waals surface area contributed by atoms with Crippen molar-refractivity contribution in [3.8, 4) is 11.3 Å². The van der Waals surface area contributed by atoms with Gasteiger partial charge >= 0.3 is 0 Å². The Bertz CT molecular complexity index is 748. The van der Waals surface area contributed by atoms with E-state index < -0.39 is 0 Å². The predicted octanol–water partition coefficient (Wildman–Crippen LogP) is 5.36. The summed E-state index contributed by atoms with van der Waals surface area (Å²) in [5.74, 6) is 1.91. The zero-order valence-electron chi connectivity index (χ0n) is 12.0. The lowest BCUT2D eigenvalue weighted by molar-refractivity contribution is 0.493. The zero-order chi connectivity index (χ0) is 14.7. The number of benzene rings is 2. The van der Waals surface area contributed by atoms with E-state index in [9.17, 15) is 0 Å². The molecule has 2 nitrogen and oxygen atoms in total. The molecule has 3 heteroatoms. The molecular weight excluding hydrogens is 326 g/mol. The van der Waals surface area contributed by atoms with Crippen LogP contribution in [0.1, 0.15) is 19.1 Å². The fraction of sp³-hybridized carbons (Fsp3) is 0.222. The van der Waals surface area contributed by atoms with Crippen LogP contribution in [0, 0.1) is 0 Å². The Kier molecular flexibility index (Phi) is 4.42. The van der Waals surface area contributed by atoms with Crippen LogP contribution in [0.15, 0.2) is 57.4 Å². The number of halogens is 1. The van der Waals surface area contributed by atoms with Crippen LogP contribution in [0.25, 0.3) is 22.1 Å². The Balaban J connectivity index is 1.84.